The van der Waals surface area contributed by atoms with Gasteiger partial charge in [-0.3, -0.25) is 9.69 Å². The van der Waals surface area contributed by atoms with Crippen LogP contribution in [0.3, 0.4) is 0 Å². The number of amides is 1. The molecule has 2 rings (SSSR count). The molecule has 2 aromatic rings. The molecule has 0 saturated heterocycles. The third-order valence-corrected chi connectivity index (χ3v) is 2.87. The lowest BCUT2D eigenvalue weighted by Gasteiger charge is -2.20. The molecule has 4 nitrogen and oxygen atoms in total. The average molecular weight is 255 g/mol. The molecule has 0 aliphatic rings. The molecule has 0 saturated carbocycles. The lowest BCUT2D eigenvalue weighted by atomic mass is 10.1. The summed E-state index contributed by atoms with van der Waals surface area (Å²) in [5, 5.41) is 0. The molecule has 0 aliphatic heterocycles. The minimum absolute atomic E-state index is 0.0523. The number of nitrogen functional groups attached to an aromatic ring is 1. The molecule has 0 bridgehead atoms. The van der Waals surface area contributed by atoms with E-state index in [0.29, 0.717) is 23.6 Å². The van der Waals surface area contributed by atoms with Crippen LogP contribution < -0.4 is 10.6 Å². The highest BCUT2D eigenvalue weighted by molar-refractivity contribution is 6.05. The number of hydrogen-bond acceptors (Lipinski definition) is 3. The maximum Gasteiger partial charge on any atom is 0.259 e. The fourth-order valence-electron chi connectivity index (χ4n) is 1.90. The SMILES string of the molecule is CCN(C(=O)c1cccc(C)c1)c1ccc(N)cn1. The highest BCUT2D eigenvalue weighted by atomic mass is 16.2. The van der Waals surface area contributed by atoms with Gasteiger partial charge in [-0.1, -0.05) is 17.7 Å². The number of nitrogens with two attached hydrogens (primary N) is 1. The van der Waals surface area contributed by atoms with Crippen LogP contribution in [0.15, 0.2) is 42.6 Å². The molecule has 98 valence electrons. The molecule has 1 aromatic heterocycles. The lowest BCUT2D eigenvalue weighted by Crippen LogP contribution is -2.31. The first-order valence-corrected chi connectivity index (χ1v) is 6.22. The van der Waals surface area contributed by atoms with E-state index in [0.717, 1.165) is 5.56 Å². The predicted molar refractivity (Wildman–Crippen MR) is 77.2 cm³/mol. The number of pyridine rings is 1. The number of hydrogen-bond donors (Lipinski definition) is 1. The summed E-state index contributed by atoms with van der Waals surface area (Å²) in [6.45, 7) is 4.45. The van der Waals surface area contributed by atoms with Gasteiger partial charge in [0.25, 0.3) is 5.91 Å². The Hall–Kier alpha value is -2.36. The first-order chi connectivity index (χ1) is 9.11. The van der Waals surface area contributed by atoms with Crippen LogP contribution in [0.2, 0.25) is 0 Å². The summed E-state index contributed by atoms with van der Waals surface area (Å²) >= 11 is 0. The largest absolute Gasteiger partial charge is 0.397 e. The fraction of sp³-hybridized carbons (Fsp3) is 0.200. The summed E-state index contributed by atoms with van der Waals surface area (Å²) in [7, 11) is 0. The van der Waals surface area contributed by atoms with E-state index in [1.807, 2.05) is 38.1 Å². The topological polar surface area (TPSA) is 59.2 Å². The predicted octanol–water partition coefficient (Wildman–Crippen LogP) is 2.64. The van der Waals surface area contributed by atoms with E-state index < -0.39 is 0 Å². The van der Waals surface area contributed by atoms with Gasteiger partial charge in [0, 0.05) is 12.1 Å². The van der Waals surface area contributed by atoms with Crippen molar-refractivity contribution in [3.05, 3.63) is 53.7 Å². The summed E-state index contributed by atoms with van der Waals surface area (Å²) in [6.07, 6.45) is 1.56. The quantitative estimate of drug-likeness (QED) is 0.917. The first kappa shape index (κ1) is 13.1. The van der Waals surface area contributed by atoms with Crippen LogP contribution in [0.5, 0.6) is 0 Å². The van der Waals surface area contributed by atoms with Gasteiger partial charge in [-0.25, -0.2) is 4.98 Å². The van der Waals surface area contributed by atoms with E-state index in [4.69, 9.17) is 5.73 Å². The Balaban J connectivity index is 2.31. The van der Waals surface area contributed by atoms with Gasteiger partial charge in [-0.2, -0.15) is 0 Å². The van der Waals surface area contributed by atoms with Gasteiger partial charge in [0.05, 0.1) is 11.9 Å². The zero-order valence-corrected chi connectivity index (χ0v) is 11.1. The van der Waals surface area contributed by atoms with Crippen molar-refractivity contribution < 1.29 is 4.79 Å². The summed E-state index contributed by atoms with van der Waals surface area (Å²) in [4.78, 5) is 18.3. The summed E-state index contributed by atoms with van der Waals surface area (Å²) in [5.74, 6) is 0.562. The van der Waals surface area contributed by atoms with Gasteiger partial charge in [0.1, 0.15) is 5.82 Å². The van der Waals surface area contributed by atoms with Gasteiger partial charge in [0.2, 0.25) is 0 Å². The minimum Gasteiger partial charge on any atom is -0.397 e. The molecule has 19 heavy (non-hydrogen) atoms. The van der Waals surface area contributed by atoms with Crippen molar-refractivity contribution in [2.45, 2.75) is 13.8 Å². The Kier molecular flexibility index (Phi) is 3.80. The maximum absolute atomic E-state index is 12.5. The van der Waals surface area contributed by atoms with Crippen molar-refractivity contribution >= 4 is 17.4 Å². The molecule has 0 atom stereocenters. The summed E-state index contributed by atoms with van der Waals surface area (Å²) in [6, 6.07) is 11.0. The number of carbonyl (C=O) groups excluding carboxylic acids is 1. The number of benzene rings is 1. The molecular formula is C15H17N3O. The van der Waals surface area contributed by atoms with E-state index >= 15 is 0 Å². The second-order valence-electron chi connectivity index (χ2n) is 4.37. The molecule has 1 heterocycles. The second-order valence-corrected chi connectivity index (χ2v) is 4.37. The zero-order valence-electron chi connectivity index (χ0n) is 11.1. The van der Waals surface area contributed by atoms with Crippen molar-refractivity contribution in [2.24, 2.45) is 0 Å². The standard InChI is InChI=1S/C15H17N3O/c1-3-18(14-8-7-13(16)10-17-14)15(19)12-6-4-5-11(2)9-12/h4-10H,3,16H2,1-2H3. The first-order valence-electron chi connectivity index (χ1n) is 6.22. The van der Waals surface area contributed by atoms with Gasteiger partial charge < -0.3 is 5.73 Å². The van der Waals surface area contributed by atoms with Crippen LogP contribution in [0.1, 0.15) is 22.8 Å². The van der Waals surface area contributed by atoms with Crippen LogP contribution in [-0.2, 0) is 0 Å². The van der Waals surface area contributed by atoms with Gasteiger partial charge in [-0.15, -0.1) is 0 Å². The van der Waals surface area contributed by atoms with Gasteiger partial charge >= 0.3 is 0 Å². The van der Waals surface area contributed by atoms with Gasteiger partial charge in [0.15, 0.2) is 0 Å². The Bertz CT molecular complexity index is 578. The summed E-state index contributed by atoms with van der Waals surface area (Å²) in [5.41, 5.74) is 7.92. The van der Waals surface area contributed by atoms with Crippen molar-refractivity contribution in [2.75, 3.05) is 17.2 Å². The third-order valence-electron chi connectivity index (χ3n) is 2.87. The van der Waals surface area contributed by atoms with Crippen LogP contribution in [0, 0.1) is 6.92 Å². The van der Waals surface area contributed by atoms with E-state index in [9.17, 15) is 4.79 Å². The molecule has 0 radical (unpaired) electrons. The van der Waals surface area contributed by atoms with Crippen LogP contribution in [0.25, 0.3) is 0 Å². The van der Waals surface area contributed by atoms with Crippen molar-refractivity contribution in [1.29, 1.82) is 0 Å². The van der Waals surface area contributed by atoms with Crippen LogP contribution in [-0.4, -0.2) is 17.4 Å². The Morgan fingerprint density at radius 1 is 1.32 bits per heavy atom. The van der Waals surface area contributed by atoms with Gasteiger partial charge in [-0.05, 0) is 38.1 Å². The fourth-order valence-corrected chi connectivity index (χ4v) is 1.90. The van der Waals surface area contributed by atoms with Crippen LogP contribution >= 0.6 is 0 Å². The highest BCUT2D eigenvalue weighted by Gasteiger charge is 2.16. The normalized spacial score (nSPS) is 10.2. The molecular weight excluding hydrogens is 238 g/mol. The maximum atomic E-state index is 12.5. The second kappa shape index (κ2) is 5.52. The third kappa shape index (κ3) is 2.91. The Labute approximate surface area is 112 Å². The molecule has 0 aliphatic carbocycles. The minimum atomic E-state index is -0.0523. The summed E-state index contributed by atoms with van der Waals surface area (Å²) < 4.78 is 0. The van der Waals surface area contributed by atoms with Crippen molar-refractivity contribution in [3.8, 4) is 0 Å². The molecule has 4 heteroatoms. The number of carbonyl (C=O) groups is 1. The number of anilines is 2. The molecule has 2 N–H and O–H groups in total. The van der Waals surface area contributed by atoms with E-state index in [-0.39, 0.29) is 5.91 Å². The zero-order chi connectivity index (χ0) is 13.8. The molecule has 0 fully saturated rings. The molecule has 1 amide bonds. The number of nitrogens with zero attached hydrogens (tertiary/aromatic N) is 2. The van der Waals surface area contributed by atoms with Crippen molar-refractivity contribution in [3.63, 3.8) is 0 Å². The highest BCUT2D eigenvalue weighted by Crippen LogP contribution is 2.16. The number of aryl methyl sites for hydroxylation is 1. The lowest BCUT2D eigenvalue weighted by molar-refractivity contribution is 0.0987. The van der Waals surface area contributed by atoms with E-state index in [1.165, 1.54) is 0 Å². The Morgan fingerprint density at radius 2 is 2.11 bits per heavy atom. The monoisotopic (exact) mass is 255 g/mol. The van der Waals surface area contributed by atoms with E-state index in [1.54, 1.807) is 23.2 Å². The van der Waals surface area contributed by atoms with Crippen molar-refractivity contribution in [1.82, 2.24) is 4.98 Å². The van der Waals surface area contributed by atoms with E-state index in [2.05, 4.69) is 4.98 Å². The van der Waals surface area contributed by atoms with Crippen LogP contribution in [0.4, 0.5) is 11.5 Å². The molecule has 0 spiro atoms. The molecule has 1 aromatic carbocycles. The number of rotatable bonds is 3. The smallest absolute Gasteiger partial charge is 0.259 e. The molecule has 0 unspecified atom stereocenters. The average Bonchev–Trinajstić information content (AvgIpc) is 2.41. The Morgan fingerprint density at radius 3 is 2.68 bits per heavy atom. The number of aromatic nitrogens is 1.